The molecule has 7 heteroatoms. The van der Waals surface area contributed by atoms with Crippen molar-refractivity contribution in [3.8, 4) is 0 Å². The van der Waals surface area contributed by atoms with Crippen molar-refractivity contribution in [3.05, 3.63) is 12.2 Å². The van der Waals surface area contributed by atoms with E-state index in [0.717, 1.165) is 24.8 Å². The molecule has 0 aromatic heterocycles. The second kappa shape index (κ2) is 8.30. The van der Waals surface area contributed by atoms with Crippen molar-refractivity contribution in [2.24, 2.45) is 29.1 Å². The zero-order valence-electron chi connectivity index (χ0n) is 20.8. The maximum atomic E-state index is 13.2. The summed E-state index contributed by atoms with van der Waals surface area (Å²) in [5.41, 5.74) is -2.29. The van der Waals surface area contributed by atoms with Gasteiger partial charge in [0.05, 0.1) is 13.2 Å². The summed E-state index contributed by atoms with van der Waals surface area (Å²) in [6.07, 6.45) is 2.84. The molecule has 188 valence electrons. The Morgan fingerprint density at radius 2 is 2.03 bits per heavy atom. The zero-order valence-corrected chi connectivity index (χ0v) is 20.8. The molecule has 33 heavy (non-hydrogen) atoms. The molecule has 0 unspecified atom stereocenters. The minimum atomic E-state index is -1.96. The van der Waals surface area contributed by atoms with Crippen LogP contribution in [0.4, 0.5) is 0 Å². The van der Waals surface area contributed by atoms with Gasteiger partial charge in [-0.25, -0.2) is 4.79 Å². The van der Waals surface area contributed by atoms with Gasteiger partial charge in [0.25, 0.3) is 0 Å². The summed E-state index contributed by atoms with van der Waals surface area (Å²) >= 11 is 0. The number of hydrogen-bond donors (Lipinski definition) is 3. The Hall–Kier alpha value is -0.990. The Morgan fingerprint density at radius 3 is 2.67 bits per heavy atom. The molecule has 2 aliphatic heterocycles. The van der Waals surface area contributed by atoms with Crippen LogP contribution in [0.25, 0.3) is 0 Å². The van der Waals surface area contributed by atoms with Crippen LogP contribution in [0.3, 0.4) is 0 Å². The largest absolute Gasteiger partial charge is 0.457 e. The smallest absolute Gasteiger partial charge is 0.340 e. The third-order valence-electron chi connectivity index (χ3n) is 9.53. The van der Waals surface area contributed by atoms with Crippen LogP contribution >= 0.6 is 0 Å². The van der Waals surface area contributed by atoms with Crippen LogP contribution < -0.4 is 0 Å². The predicted octanol–water partition coefficient (Wildman–Crippen LogP) is 2.95. The molecule has 2 aliphatic carbocycles. The van der Waals surface area contributed by atoms with Crippen molar-refractivity contribution in [3.63, 3.8) is 0 Å². The maximum absolute atomic E-state index is 13.2. The maximum Gasteiger partial charge on any atom is 0.340 e. The molecule has 2 heterocycles. The fourth-order valence-electron chi connectivity index (χ4n) is 7.07. The van der Waals surface area contributed by atoms with E-state index in [2.05, 4.69) is 34.3 Å². The topological polar surface area (TPSA) is 109 Å². The minimum absolute atomic E-state index is 0.0541. The first-order chi connectivity index (χ1) is 15.4. The van der Waals surface area contributed by atoms with E-state index in [4.69, 9.17) is 14.2 Å². The lowest BCUT2D eigenvalue weighted by Gasteiger charge is -2.54. The average Bonchev–Trinajstić information content (AvgIpc) is 3.48. The number of aliphatic hydroxyl groups is 3. The fraction of sp³-hybridized carbons (Fsp3) is 0.885. The molecule has 3 N–H and O–H groups in total. The van der Waals surface area contributed by atoms with E-state index in [1.165, 1.54) is 0 Å². The van der Waals surface area contributed by atoms with Gasteiger partial charge in [0, 0.05) is 11.3 Å². The number of ether oxygens (including phenoxy) is 3. The summed E-state index contributed by atoms with van der Waals surface area (Å²) < 4.78 is 18.0. The van der Waals surface area contributed by atoms with E-state index in [1.807, 2.05) is 6.92 Å². The van der Waals surface area contributed by atoms with Crippen LogP contribution in [0.15, 0.2) is 12.2 Å². The number of carbonyl (C=O) groups is 1. The molecule has 1 spiro atoms. The molecule has 4 rings (SSSR count). The van der Waals surface area contributed by atoms with E-state index in [1.54, 1.807) is 0 Å². The number of hydrogen-bond acceptors (Lipinski definition) is 7. The van der Waals surface area contributed by atoms with Gasteiger partial charge in [-0.15, -0.1) is 0 Å². The summed E-state index contributed by atoms with van der Waals surface area (Å²) in [6.45, 7) is 14.3. The normalized spacial score (nSPS) is 45.3. The first kappa shape index (κ1) is 25.1. The van der Waals surface area contributed by atoms with E-state index >= 15 is 0 Å². The van der Waals surface area contributed by atoms with Crippen LogP contribution in [-0.4, -0.2) is 63.7 Å². The van der Waals surface area contributed by atoms with Gasteiger partial charge in [0.2, 0.25) is 5.79 Å². The first-order valence-electron chi connectivity index (χ1n) is 12.6. The molecule has 2 saturated carbocycles. The molecule has 2 saturated heterocycles. The highest BCUT2D eigenvalue weighted by Gasteiger charge is 2.85. The van der Waals surface area contributed by atoms with Crippen molar-refractivity contribution in [2.75, 3.05) is 13.2 Å². The number of rotatable bonds is 8. The zero-order chi connectivity index (χ0) is 24.4. The van der Waals surface area contributed by atoms with E-state index < -0.39 is 41.8 Å². The number of esters is 1. The van der Waals surface area contributed by atoms with Gasteiger partial charge in [-0.3, -0.25) is 0 Å². The standard InChI is InChI=1S/C26H42O7/c1-7-15(2)10-16(3)11-24(29,14-27)22(28)32-20-9-8-18(5)23(6)12-19-17(4)13-31-26(19,30)21-25(20,23)33-21/h15-16,18-21,27,29-30H,4,7-14H2,1-3,5-6H3/t15-,16-,18-,19-,20+,21-,23+,24-,25+,26+/m0/s1. The SMILES string of the molecule is C=C1CO[C@@]2(O)[C@H]3O[C@]34[C@H](OC(=O)[C@@](O)(CO)C[C@@H](C)C[C@@H](C)CC)CC[C@H](C)[C@@]4(C)C[C@@H]12. The van der Waals surface area contributed by atoms with Crippen molar-refractivity contribution in [1.82, 2.24) is 0 Å². The molecular weight excluding hydrogens is 424 g/mol. The summed E-state index contributed by atoms with van der Waals surface area (Å²) in [6, 6.07) is 0. The Labute approximate surface area is 197 Å². The van der Waals surface area contributed by atoms with Crippen LogP contribution in [0.2, 0.25) is 0 Å². The lowest BCUT2D eigenvalue weighted by molar-refractivity contribution is -0.234. The number of carbonyl (C=O) groups excluding carboxylic acids is 1. The molecular formula is C26H42O7. The Morgan fingerprint density at radius 1 is 1.33 bits per heavy atom. The molecule has 0 radical (unpaired) electrons. The Balaban J connectivity index is 1.55. The lowest BCUT2D eigenvalue weighted by atomic mass is 9.51. The number of aliphatic hydroxyl groups excluding tert-OH is 1. The molecule has 7 nitrogen and oxygen atoms in total. The van der Waals surface area contributed by atoms with Crippen LogP contribution in [0.1, 0.15) is 73.1 Å². The van der Waals surface area contributed by atoms with Gasteiger partial charge in [0.1, 0.15) is 17.8 Å². The molecule has 10 atom stereocenters. The van der Waals surface area contributed by atoms with Gasteiger partial charge < -0.3 is 29.5 Å². The highest BCUT2D eigenvalue weighted by molar-refractivity contribution is 5.79. The summed E-state index contributed by atoms with van der Waals surface area (Å²) in [5, 5.41) is 32.4. The molecule has 0 aromatic carbocycles. The van der Waals surface area contributed by atoms with Crippen LogP contribution in [-0.2, 0) is 19.0 Å². The van der Waals surface area contributed by atoms with Gasteiger partial charge in [-0.1, -0.05) is 47.6 Å². The van der Waals surface area contributed by atoms with Gasteiger partial charge >= 0.3 is 5.97 Å². The second-order valence-corrected chi connectivity index (χ2v) is 11.8. The van der Waals surface area contributed by atoms with Gasteiger partial charge in [-0.05, 0) is 55.4 Å². The van der Waals surface area contributed by atoms with E-state index in [9.17, 15) is 20.1 Å². The monoisotopic (exact) mass is 466 g/mol. The molecule has 0 amide bonds. The third kappa shape index (κ3) is 3.61. The van der Waals surface area contributed by atoms with Gasteiger partial charge in [-0.2, -0.15) is 0 Å². The summed E-state index contributed by atoms with van der Waals surface area (Å²) in [4.78, 5) is 13.2. The van der Waals surface area contributed by atoms with Crippen LogP contribution in [0.5, 0.6) is 0 Å². The highest BCUT2D eigenvalue weighted by Crippen LogP contribution is 2.72. The molecule has 0 bridgehead atoms. The molecule has 0 aromatic rings. The number of fused-ring (bicyclic) bond motifs is 2. The minimum Gasteiger partial charge on any atom is -0.457 e. The van der Waals surface area contributed by atoms with Crippen molar-refractivity contribution >= 4 is 5.97 Å². The van der Waals surface area contributed by atoms with Gasteiger partial charge in [0.15, 0.2) is 5.60 Å². The fourth-order valence-corrected chi connectivity index (χ4v) is 7.07. The predicted molar refractivity (Wildman–Crippen MR) is 122 cm³/mol. The van der Waals surface area contributed by atoms with Crippen molar-refractivity contribution < 1.29 is 34.3 Å². The second-order valence-electron chi connectivity index (χ2n) is 11.8. The molecule has 4 fully saturated rings. The van der Waals surface area contributed by atoms with Crippen LogP contribution in [0, 0.1) is 29.1 Å². The quantitative estimate of drug-likeness (QED) is 0.287. The molecule has 4 aliphatic rings. The van der Waals surface area contributed by atoms with E-state index in [0.29, 0.717) is 31.3 Å². The highest BCUT2D eigenvalue weighted by atomic mass is 16.7. The van der Waals surface area contributed by atoms with Crippen molar-refractivity contribution in [1.29, 1.82) is 0 Å². The number of epoxide rings is 1. The Bertz CT molecular complexity index is 800. The summed E-state index contributed by atoms with van der Waals surface area (Å²) in [5.74, 6) is -1.67. The summed E-state index contributed by atoms with van der Waals surface area (Å²) in [7, 11) is 0. The third-order valence-corrected chi connectivity index (χ3v) is 9.53. The first-order valence-corrected chi connectivity index (χ1v) is 12.6. The van der Waals surface area contributed by atoms with E-state index in [-0.39, 0.29) is 23.7 Å². The average molecular weight is 467 g/mol. The Kier molecular flexibility index (Phi) is 6.32. The lowest BCUT2D eigenvalue weighted by Crippen LogP contribution is -2.64. The van der Waals surface area contributed by atoms with Crippen molar-refractivity contribution in [2.45, 2.75) is 102 Å².